The third-order valence-electron chi connectivity index (χ3n) is 2.59. The van der Waals surface area contributed by atoms with Crippen LogP contribution in [0, 0.1) is 6.92 Å². The molecule has 0 bridgehead atoms. The molecule has 1 rings (SSSR count). The largest absolute Gasteiger partial charge is 0.383 e. The summed E-state index contributed by atoms with van der Waals surface area (Å²) in [6.07, 6.45) is 1.92. The van der Waals surface area contributed by atoms with Gasteiger partial charge in [-0.25, -0.2) is 4.98 Å². The molecule has 0 spiro atoms. The monoisotopic (exact) mass is 241 g/mol. The average Bonchev–Trinajstić information content (AvgIpc) is 2.67. The van der Waals surface area contributed by atoms with Crippen LogP contribution in [0.15, 0.2) is 6.20 Å². The predicted molar refractivity (Wildman–Crippen MR) is 67.0 cm³/mol. The van der Waals surface area contributed by atoms with Gasteiger partial charge in [-0.15, -0.1) is 0 Å². The van der Waals surface area contributed by atoms with E-state index in [1.165, 1.54) is 5.69 Å². The molecular weight excluding hydrogens is 218 g/mol. The van der Waals surface area contributed by atoms with E-state index >= 15 is 0 Å². The van der Waals surface area contributed by atoms with E-state index in [1.54, 1.807) is 7.11 Å². The second-order valence-electron chi connectivity index (χ2n) is 3.81. The van der Waals surface area contributed by atoms with Crippen LogP contribution in [0.25, 0.3) is 0 Å². The number of nitrogens with one attached hydrogen (secondary N) is 1. The molecule has 0 amide bonds. The summed E-state index contributed by atoms with van der Waals surface area (Å²) in [4.78, 5) is 4.33. The van der Waals surface area contributed by atoms with Crippen LogP contribution in [0.3, 0.4) is 0 Å². The molecule has 0 unspecified atom stereocenters. The van der Waals surface area contributed by atoms with Crippen molar-refractivity contribution in [3.63, 3.8) is 0 Å². The van der Waals surface area contributed by atoms with E-state index in [2.05, 4.69) is 14.9 Å². The first-order valence-electron chi connectivity index (χ1n) is 6.08. The number of ether oxygens (including phenoxy) is 2. The van der Waals surface area contributed by atoms with Crippen LogP contribution >= 0.6 is 0 Å². The summed E-state index contributed by atoms with van der Waals surface area (Å²) >= 11 is 0. The summed E-state index contributed by atoms with van der Waals surface area (Å²) in [6.45, 7) is 8.78. The summed E-state index contributed by atoms with van der Waals surface area (Å²) in [6, 6.07) is 0. The van der Waals surface area contributed by atoms with Crippen LogP contribution in [0.5, 0.6) is 0 Å². The third kappa shape index (κ3) is 4.85. The molecule has 98 valence electrons. The number of hydrogen-bond acceptors (Lipinski definition) is 4. The van der Waals surface area contributed by atoms with Crippen LogP contribution < -0.4 is 5.32 Å². The van der Waals surface area contributed by atoms with Crippen LogP contribution in [0.4, 0.5) is 0 Å². The van der Waals surface area contributed by atoms with Gasteiger partial charge in [-0.05, 0) is 13.8 Å². The first-order valence-corrected chi connectivity index (χ1v) is 6.08. The molecule has 1 aromatic rings. The zero-order valence-corrected chi connectivity index (χ0v) is 11.0. The quantitative estimate of drug-likeness (QED) is 0.654. The van der Waals surface area contributed by atoms with Gasteiger partial charge >= 0.3 is 0 Å². The van der Waals surface area contributed by atoms with Gasteiger partial charge in [-0.2, -0.15) is 0 Å². The summed E-state index contributed by atoms with van der Waals surface area (Å²) < 4.78 is 12.6. The Labute approximate surface area is 103 Å². The molecule has 0 saturated carbocycles. The number of rotatable bonds is 9. The normalized spacial score (nSPS) is 11.0. The van der Waals surface area contributed by atoms with E-state index in [-0.39, 0.29) is 0 Å². The van der Waals surface area contributed by atoms with Gasteiger partial charge in [0.1, 0.15) is 5.82 Å². The van der Waals surface area contributed by atoms with E-state index in [4.69, 9.17) is 9.47 Å². The van der Waals surface area contributed by atoms with E-state index < -0.39 is 0 Å². The lowest BCUT2D eigenvalue weighted by atomic mass is 10.4. The Balaban J connectivity index is 2.41. The number of aromatic nitrogens is 2. The van der Waals surface area contributed by atoms with Gasteiger partial charge in [-0.3, -0.25) is 0 Å². The Bertz CT molecular complexity index is 313. The Morgan fingerprint density at radius 1 is 1.41 bits per heavy atom. The Morgan fingerprint density at radius 3 is 2.94 bits per heavy atom. The first-order chi connectivity index (χ1) is 8.29. The summed E-state index contributed by atoms with van der Waals surface area (Å²) in [5, 5.41) is 3.32. The van der Waals surface area contributed by atoms with Crippen molar-refractivity contribution in [2.75, 3.05) is 33.5 Å². The number of imidazole rings is 1. The van der Waals surface area contributed by atoms with Crippen LogP contribution in [-0.4, -0.2) is 43.0 Å². The number of nitrogens with zero attached hydrogens (tertiary/aromatic N) is 2. The zero-order chi connectivity index (χ0) is 12.5. The molecule has 0 aliphatic heterocycles. The Hall–Kier alpha value is -0.910. The fourth-order valence-corrected chi connectivity index (χ4v) is 1.65. The Kier molecular flexibility index (Phi) is 6.84. The van der Waals surface area contributed by atoms with Gasteiger partial charge in [0.05, 0.1) is 18.9 Å². The Morgan fingerprint density at radius 2 is 2.24 bits per heavy atom. The zero-order valence-electron chi connectivity index (χ0n) is 11.0. The minimum Gasteiger partial charge on any atom is -0.383 e. The van der Waals surface area contributed by atoms with Gasteiger partial charge < -0.3 is 19.4 Å². The number of aryl methyl sites for hydroxylation is 1. The predicted octanol–water partition coefficient (Wildman–Crippen LogP) is 0.964. The molecule has 0 radical (unpaired) electrons. The first kappa shape index (κ1) is 14.2. The second kappa shape index (κ2) is 8.22. The van der Waals surface area contributed by atoms with E-state index in [0.717, 1.165) is 45.3 Å². The van der Waals surface area contributed by atoms with Crippen molar-refractivity contribution >= 4 is 0 Å². The SMILES string of the molecule is CCOCCn1c(CNCCOC)cnc1C. The molecule has 5 heteroatoms. The molecule has 0 aliphatic carbocycles. The van der Waals surface area contributed by atoms with Crippen LogP contribution in [0.1, 0.15) is 18.4 Å². The maximum Gasteiger partial charge on any atom is 0.105 e. The summed E-state index contributed by atoms with van der Waals surface area (Å²) in [5.74, 6) is 1.04. The summed E-state index contributed by atoms with van der Waals surface area (Å²) in [7, 11) is 1.71. The summed E-state index contributed by atoms with van der Waals surface area (Å²) in [5.41, 5.74) is 1.19. The maximum atomic E-state index is 5.37. The lowest BCUT2D eigenvalue weighted by Gasteiger charge is -2.11. The van der Waals surface area contributed by atoms with Crippen molar-refractivity contribution in [3.05, 3.63) is 17.7 Å². The fraction of sp³-hybridized carbons (Fsp3) is 0.750. The molecular formula is C12H23N3O2. The molecule has 17 heavy (non-hydrogen) atoms. The van der Waals surface area contributed by atoms with Gasteiger partial charge in [0.15, 0.2) is 0 Å². The van der Waals surface area contributed by atoms with Crippen molar-refractivity contribution < 1.29 is 9.47 Å². The average molecular weight is 241 g/mol. The molecule has 1 heterocycles. The van der Waals surface area contributed by atoms with Gasteiger partial charge in [0.2, 0.25) is 0 Å². The maximum absolute atomic E-state index is 5.37. The third-order valence-corrected chi connectivity index (χ3v) is 2.59. The van der Waals surface area contributed by atoms with Crippen molar-refractivity contribution in [1.82, 2.24) is 14.9 Å². The standard InChI is InChI=1S/C12H23N3O2/c1-4-17-8-6-15-11(2)14-10-12(15)9-13-5-7-16-3/h10,13H,4-9H2,1-3H3. The van der Waals surface area contributed by atoms with Crippen molar-refractivity contribution in [2.45, 2.75) is 26.9 Å². The molecule has 1 N–H and O–H groups in total. The van der Waals surface area contributed by atoms with Crippen molar-refractivity contribution in [2.24, 2.45) is 0 Å². The highest BCUT2D eigenvalue weighted by molar-refractivity contribution is 5.04. The fourth-order valence-electron chi connectivity index (χ4n) is 1.65. The van der Waals surface area contributed by atoms with E-state index in [1.807, 2.05) is 20.0 Å². The minimum absolute atomic E-state index is 0.728. The topological polar surface area (TPSA) is 48.3 Å². The molecule has 1 aromatic heterocycles. The molecule has 0 aliphatic rings. The van der Waals surface area contributed by atoms with Crippen molar-refractivity contribution in [3.8, 4) is 0 Å². The molecule has 5 nitrogen and oxygen atoms in total. The van der Waals surface area contributed by atoms with Gasteiger partial charge in [0, 0.05) is 39.5 Å². The highest BCUT2D eigenvalue weighted by Gasteiger charge is 2.05. The van der Waals surface area contributed by atoms with E-state index in [0.29, 0.717) is 0 Å². The van der Waals surface area contributed by atoms with Crippen LogP contribution in [0.2, 0.25) is 0 Å². The highest BCUT2D eigenvalue weighted by atomic mass is 16.5. The number of hydrogen-bond donors (Lipinski definition) is 1. The molecule has 0 saturated heterocycles. The molecule has 0 aromatic carbocycles. The minimum atomic E-state index is 0.728. The van der Waals surface area contributed by atoms with Crippen LogP contribution in [-0.2, 0) is 22.6 Å². The second-order valence-corrected chi connectivity index (χ2v) is 3.81. The smallest absolute Gasteiger partial charge is 0.105 e. The van der Waals surface area contributed by atoms with E-state index in [9.17, 15) is 0 Å². The highest BCUT2D eigenvalue weighted by Crippen LogP contribution is 2.04. The lowest BCUT2D eigenvalue weighted by molar-refractivity contribution is 0.138. The lowest BCUT2D eigenvalue weighted by Crippen LogP contribution is -2.21. The molecule has 0 fully saturated rings. The number of methoxy groups -OCH3 is 1. The van der Waals surface area contributed by atoms with Gasteiger partial charge in [-0.1, -0.05) is 0 Å². The molecule has 0 atom stereocenters. The van der Waals surface area contributed by atoms with Gasteiger partial charge in [0.25, 0.3) is 0 Å². The van der Waals surface area contributed by atoms with Crippen molar-refractivity contribution in [1.29, 1.82) is 0 Å².